The fourth-order valence-electron chi connectivity index (χ4n) is 3.47. The summed E-state index contributed by atoms with van der Waals surface area (Å²) in [5, 5.41) is 2.78. The summed E-state index contributed by atoms with van der Waals surface area (Å²) in [6.07, 6.45) is 2.79. The number of halogens is 1. The molecule has 30 heavy (non-hydrogen) atoms. The predicted octanol–water partition coefficient (Wildman–Crippen LogP) is 2.07. The third kappa shape index (κ3) is 4.49. The number of aromatic nitrogens is 2. The molecule has 0 saturated carbocycles. The third-order valence-corrected chi connectivity index (χ3v) is 5.18. The minimum atomic E-state index is -0.375. The van der Waals surface area contributed by atoms with Gasteiger partial charge in [0.2, 0.25) is 11.8 Å². The van der Waals surface area contributed by atoms with E-state index in [0.29, 0.717) is 30.9 Å². The van der Waals surface area contributed by atoms with E-state index in [1.54, 1.807) is 28.0 Å². The Bertz CT molecular complexity index is 1010. The van der Waals surface area contributed by atoms with Crippen LogP contribution in [0.2, 0.25) is 5.15 Å². The average Bonchev–Trinajstić information content (AvgIpc) is 2.77. The Morgan fingerprint density at radius 2 is 2.03 bits per heavy atom. The average molecular weight is 428 g/mol. The van der Waals surface area contributed by atoms with Gasteiger partial charge in [0.1, 0.15) is 10.8 Å². The fourth-order valence-corrected chi connectivity index (χ4v) is 3.69. The summed E-state index contributed by atoms with van der Waals surface area (Å²) in [5.41, 5.74) is 2.21. The van der Waals surface area contributed by atoms with Crippen molar-refractivity contribution in [1.29, 1.82) is 0 Å². The molecule has 3 rings (SSSR count). The lowest BCUT2D eigenvalue weighted by molar-refractivity contribution is -0.139. The van der Waals surface area contributed by atoms with Crippen molar-refractivity contribution in [2.75, 3.05) is 26.7 Å². The van der Waals surface area contributed by atoms with Crippen LogP contribution in [0, 0.1) is 0 Å². The number of piperazine rings is 1. The Kier molecular flexibility index (Phi) is 6.47. The zero-order valence-corrected chi connectivity index (χ0v) is 17.5. The molecule has 3 amide bonds. The van der Waals surface area contributed by atoms with Gasteiger partial charge in [-0.25, -0.2) is 4.98 Å². The predicted molar refractivity (Wildman–Crippen MR) is 113 cm³/mol. The van der Waals surface area contributed by atoms with E-state index in [-0.39, 0.29) is 34.6 Å². The Morgan fingerprint density at radius 1 is 1.27 bits per heavy atom. The molecule has 3 heterocycles. The molecule has 1 saturated heterocycles. The van der Waals surface area contributed by atoms with E-state index < -0.39 is 0 Å². The largest absolute Gasteiger partial charge is 0.354 e. The number of hydrogen-bond donors (Lipinski definition) is 1. The first kappa shape index (κ1) is 21.4. The molecular weight excluding hydrogens is 406 g/mol. The highest BCUT2D eigenvalue weighted by Crippen LogP contribution is 2.30. The van der Waals surface area contributed by atoms with Gasteiger partial charge < -0.3 is 15.1 Å². The molecule has 0 bridgehead atoms. The topological polar surface area (TPSA) is 95.5 Å². The van der Waals surface area contributed by atoms with Gasteiger partial charge in [-0.2, -0.15) is 0 Å². The van der Waals surface area contributed by atoms with E-state index in [9.17, 15) is 14.4 Å². The lowest BCUT2D eigenvalue weighted by atomic mass is 10.0. The number of carbonyl (C=O) groups excluding carboxylic acids is 3. The Balaban J connectivity index is 2.02. The highest BCUT2D eigenvalue weighted by Gasteiger charge is 2.32. The van der Waals surface area contributed by atoms with Crippen molar-refractivity contribution < 1.29 is 14.4 Å². The molecule has 1 aliphatic heterocycles. The SMILES string of the molecule is C=CC(=O)N1CCN(C(C)=O)[C@@H](c2cc(Cl)nc(-c3ccnc(C(=O)NC)c3)c2)C1. The Morgan fingerprint density at radius 3 is 2.70 bits per heavy atom. The van der Waals surface area contributed by atoms with Crippen molar-refractivity contribution in [2.24, 2.45) is 0 Å². The van der Waals surface area contributed by atoms with Gasteiger partial charge in [-0.05, 0) is 35.9 Å². The van der Waals surface area contributed by atoms with Crippen molar-refractivity contribution in [2.45, 2.75) is 13.0 Å². The maximum atomic E-state index is 12.2. The molecule has 156 valence electrons. The van der Waals surface area contributed by atoms with Crippen LogP contribution in [0.15, 0.2) is 43.1 Å². The molecule has 1 atom stereocenters. The summed E-state index contributed by atoms with van der Waals surface area (Å²) in [7, 11) is 1.53. The Hall–Kier alpha value is -3.26. The standard InChI is InChI=1S/C21H22ClN5O3/c1-4-20(29)26-7-8-27(13(2)28)18(12-26)15-10-16(25-19(22)11-15)14-5-6-24-17(9-14)21(30)23-3/h4-6,9-11,18H,1,7-8,12H2,2-3H3,(H,23,30)/t18-/m1/s1. The molecule has 0 aromatic carbocycles. The first-order chi connectivity index (χ1) is 14.3. The summed E-state index contributed by atoms with van der Waals surface area (Å²) in [6, 6.07) is 6.48. The normalized spacial score (nSPS) is 16.2. The van der Waals surface area contributed by atoms with E-state index in [0.717, 1.165) is 5.56 Å². The van der Waals surface area contributed by atoms with Gasteiger partial charge in [0.25, 0.3) is 5.91 Å². The second kappa shape index (κ2) is 9.04. The number of hydrogen-bond acceptors (Lipinski definition) is 5. The van der Waals surface area contributed by atoms with Crippen LogP contribution in [-0.4, -0.2) is 64.2 Å². The fraction of sp³-hybridized carbons (Fsp3) is 0.286. The van der Waals surface area contributed by atoms with Crippen molar-refractivity contribution in [3.63, 3.8) is 0 Å². The molecule has 1 N–H and O–H groups in total. The molecule has 1 fully saturated rings. The van der Waals surface area contributed by atoms with E-state index in [4.69, 9.17) is 11.6 Å². The molecule has 0 unspecified atom stereocenters. The minimum Gasteiger partial charge on any atom is -0.354 e. The summed E-state index contributed by atoms with van der Waals surface area (Å²) >= 11 is 6.30. The van der Waals surface area contributed by atoms with Crippen molar-refractivity contribution in [3.8, 4) is 11.3 Å². The summed E-state index contributed by atoms with van der Waals surface area (Å²) in [5.74, 6) is -0.591. The molecule has 8 nitrogen and oxygen atoms in total. The second-order valence-corrected chi connectivity index (χ2v) is 7.22. The molecule has 2 aromatic heterocycles. The summed E-state index contributed by atoms with van der Waals surface area (Å²) in [6.45, 7) is 6.21. The quantitative estimate of drug-likeness (QED) is 0.595. The van der Waals surface area contributed by atoms with Crippen LogP contribution < -0.4 is 5.32 Å². The van der Waals surface area contributed by atoms with E-state index in [1.165, 1.54) is 26.2 Å². The van der Waals surface area contributed by atoms with Crippen LogP contribution in [0.1, 0.15) is 29.0 Å². The van der Waals surface area contributed by atoms with Gasteiger partial charge in [0.05, 0.1) is 11.7 Å². The summed E-state index contributed by atoms with van der Waals surface area (Å²) < 4.78 is 0. The van der Waals surface area contributed by atoms with E-state index >= 15 is 0 Å². The van der Waals surface area contributed by atoms with Gasteiger partial charge in [0.15, 0.2) is 0 Å². The summed E-state index contributed by atoms with van der Waals surface area (Å²) in [4.78, 5) is 48.1. The zero-order valence-electron chi connectivity index (χ0n) is 16.8. The Labute approximate surface area is 179 Å². The highest BCUT2D eigenvalue weighted by atomic mass is 35.5. The molecule has 2 aromatic rings. The van der Waals surface area contributed by atoms with Gasteiger partial charge in [-0.15, -0.1) is 0 Å². The molecular formula is C21H22ClN5O3. The first-order valence-corrected chi connectivity index (χ1v) is 9.76. The zero-order chi connectivity index (χ0) is 21.8. The molecule has 9 heteroatoms. The molecule has 0 aliphatic carbocycles. The van der Waals surface area contributed by atoms with Crippen LogP contribution in [0.5, 0.6) is 0 Å². The molecule has 0 radical (unpaired) electrons. The number of carbonyl (C=O) groups is 3. The lowest BCUT2D eigenvalue weighted by Gasteiger charge is -2.41. The monoisotopic (exact) mass is 427 g/mol. The van der Waals surface area contributed by atoms with Crippen LogP contribution in [0.3, 0.4) is 0 Å². The van der Waals surface area contributed by atoms with Crippen LogP contribution >= 0.6 is 11.6 Å². The highest BCUT2D eigenvalue weighted by molar-refractivity contribution is 6.29. The number of amides is 3. The van der Waals surface area contributed by atoms with Gasteiger partial charge in [-0.1, -0.05) is 18.2 Å². The molecule has 1 aliphatic rings. The van der Waals surface area contributed by atoms with Gasteiger partial charge >= 0.3 is 0 Å². The van der Waals surface area contributed by atoms with Crippen LogP contribution in [-0.2, 0) is 9.59 Å². The lowest BCUT2D eigenvalue weighted by Crippen LogP contribution is -2.51. The van der Waals surface area contributed by atoms with E-state index in [2.05, 4.69) is 21.9 Å². The molecule has 0 spiro atoms. The van der Waals surface area contributed by atoms with Crippen LogP contribution in [0.25, 0.3) is 11.3 Å². The van der Waals surface area contributed by atoms with Gasteiger partial charge in [-0.3, -0.25) is 19.4 Å². The maximum Gasteiger partial charge on any atom is 0.269 e. The number of rotatable bonds is 4. The second-order valence-electron chi connectivity index (χ2n) is 6.83. The van der Waals surface area contributed by atoms with Crippen LogP contribution in [0.4, 0.5) is 0 Å². The van der Waals surface area contributed by atoms with Crippen molar-refractivity contribution in [3.05, 3.63) is 59.5 Å². The van der Waals surface area contributed by atoms with E-state index in [1.807, 2.05) is 6.07 Å². The number of pyridine rings is 2. The third-order valence-electron chi connectivity index (χ3n) is 4.99. The van der Waals surface area contributed by atoms with Crippen molar-refractivity contribution in [1.82, 2.24) is 25.1 Å². The smallest absolute Gasteiger partial charge is 0.269 e. The first-order valence-electron chi connectivity index (χ1n) is 9.38. The number of nitrogens with zero attached hydrogens (tertiary/aromatic N) is 4. The van der Waals surface area contributed by atoms with Crippen molar-refractivity contribution >= 4 is 29.3 Å². The number of nitrogens with one attached hydrogen (secondary N) is 1. The van der Waals surface area contributed by atoms with Gasteiger partial charge in [0, 0.05) is 45.4 Å². The minimum absolute atomic E-state index is 0.0917. The maximum absolute atomic E-state index is 12.2.